The fourth-order valence-electron chi connectivity index (χ4n) is 2.56. The van der Waals surface area contributed by atoms with E-state index in [0.717, 1.165) is 10.6 Å². The van der Waals surface area contributed by atoms with Crippen LogP contribution < -0.4 is 11.0 Å². The summed E-state index contributed by atoms with van der Waals surface area (Å²) in [7, 11) is 0. The van der Waals surface area contributed by atoms with Crippen LogP contribution in [0.2, 0.25) is 5.02 Å². The number of halogens is 4. The Kier molecular flexibility index (Phi) is 4.63. The van der Waals surface area contributed by atoms with Crippen LogP contribution in [0.3, 0.4) is 0 Å². The summed E-state index contributed by atoms with van der Waals surface area (Å²) >= 11 is 6.15. The smallest absolute Gasteiger partial charge is 0.365 e. The lowest BCUT2D eigenvalue weighted by Crippen LogP contribution is -2.31. The molecule has 1 N–H and O–H groups in total. The maximum Gasteiger partial charge on any atom is 0.433 e. The Balaban J connectivity index is 2.41. The summed E-state index contributed by atoms with van der Waals surface area (Å²) in [4.78, 5) is 20.4. The van der Waals surface area contributed by atoms with Gasteiger partial charge < -0.3 is 5.32 Å². The first-order valence-electron chi connectivity index (χ1n) is 8.01. The first-order valence-corrected chi connectivity index (χ1v) is 8.39. The number of hydrogen-bond acceptors (Lipinski definition) is 4. The van der Waals surface area contributed by atoms with Gasteiger partial charge in [0.25, 0.3) is 0 Å². The minimum Gasteiger partial charge on any atom is -0.365 e. The van der Waals surface area contributed by atoms with Gasteiger partial charge >= 0.3 is 11.9 Å². The number of rotatable bonds is 2. The fraction of sp³-hybridized carbons (Fsp3) is 0.278. The molecule has 0 aliphatic rings. The molecular weight excluding hydrogens is 381 g/mol. The molecule has 3 rings (SSSR count). The second-order valence-corrected chi connectivity index (χ2v) is 7.38. The predicted octanol–water partition coefficient (Wildman–Crippen LogP) is 4.66. The third kappa shape index (κ3) is 3.90. The van der Waals surface area contributed by atoms with E-state index in [1.807, 2.05) is 20.8 Å². The van der Waals surface area contributed by atoms with Gasteiger partial charge in [0.1, 0.15) is 11.5 Å². The van der Waals surface area contributed by atoms with Crippen molar-refractivity contribution in [2.45, 2.75) is 32.5 Å². The van der Waals surface area contributed by atoms with Crippen LogP contribution in [0.5, 0.6) is 0 Å². The molecule has 2 aromatic heterocycles. The quantitative estimate of drug-likeness (QED) is 0.684. The summed E-state index contributed by atoms with van der Waals surface area (Å²) in [5, 5.41) is 3.51. The molecule has 0 unspecified atom stereocenters. The molecule has 0 aliphatic carbocycles. The van der Waals surface area contributed by atoms with E-state index in [1.165, 1.54) is 18.2 Å². The number of pyridine rings is 1. The van der Waals surface area contributed by atoms with Crippen molar-refractivity contribution in [3.8, 4) is 5.69 Å². The van der Waals surface area contributed by atoms with Crippen molar-refractivity contribution in [1.29, 1.82) is 0 Å². The van der Waals surface area contributed by atoms with E-state index >= 15 is 0 Å². The number of aromatic nitrogens is 3. The molecule has 0 fully saturated rings. The predicted molar refractivity (Wildman–Crippen MR) is 98.5 cm³/mol. The molecule has 3 aromatic rings. The zero-order valence-corrected chi connectivity index (χ0v) is 15.5. The van der Waals surface area contributed by atoms with E-state index in [0.29, 0.717) is 0 Å². The van der Waals surface area contributed by atoms with Crippen molar-refractivity contribution in [2.75, 3.05) is 5.32 Å². The molecule has 9 heteroatoms. The van der Waals surface area contributed by atoms with Crippen LogP contribution in [-0.2, 0) is 6.18 Å². The van der Waals surface area contributed by atoms with Gasteiger partial charge in [0.15, 0.2) is 5.65 Å². The normalized spacial score (nSPS) is 12.4. The number of nitrogens with one attached hydrogen (secondary N) is 1. The second-order valence-electron chi connectivity index (χ2n) is 6.97. The summed E-state index contributed by atoms with van der Waals surface area (Å²) in [6.07, 6.45) is -4.66. The topological polar surface area (TPSA) is 59.8 Å². The van der Waals surface area contributed by atoms with E-state index in [2.05, 4.69) is 15.3 Å². The van der Waals surface area contributed by atoms with Crippen molar-refractivity contribution in [3.63, 3.8) is 0 Å². The summed E-state index contributed by atoms with van der Waals surface area (Å²) in [5.41, 5.74) is -2.33. The minimum absolute atomic E-state index is 0.159. The Morgan fingerprint density at radius 1 is 1.04 bits per heavy atom. The van der Waals surface area contributed by atoms with Gasteiger partial charge in [-0.3, -0.25) is 0 Å². The molecular formula is C18H16ClF3N4O. The van der Waals surface area contributed by atoms with E-state index < -0.39 is 23.1 Å². The van der Waals surface area contributed by atoms with Gasteiger partial charge in [-0.05, 0) is 45.0 Å². The van der Waals surface area contributed by atoms with Gasteiger partial charge in [-0.15, -0.1) is 0 Å². The molecule has 0 atom stereocenters. The monoisotopic (exact) mass is 396 g/mol. The number of nitrogens with zero attached hydrogens (tertiary/aromatic N) is 3. The van der Waals surface area contributed by atoms with Crippen LogP contribution in [-0.4, -0.2) is 20.1 Å². The van der Waals surface area contributed by atoms with Crippen molar-refractivity contribution in [2.24, 2.45) is 0 Å². The lowest BCUT2D eigenvalue weighted by molar-refractivity contribution is -0.141. The largest absolute Gasteiger partial charge is 0.433 e. The van der Waals surface area contributed by atoms with Crippen LogP contribution in [0, 0.1) is 0 Å². The highest BCUT2D eigenvalue weighted by atomic mass is 35.5. The van der Waals surface area contributed by atoms with E-state index in [4.69, 9.17) is 11.6 Å². The second kappa shape index (κ2) is 6.53. The van der Waals surface area contributed by atoms with Crippen LogP contribution in [0.1, 0.15) is 26.5 Å². The number of para-hydroxylation sites is 1. The maximum atomic E-state index is 13.2. The third-order valence-electron chi connectivity index (χ3n) is 3.62. The number of fused-ring (bicyclic) bond motifs is 1. The van der Waals surface area contributed by atoms with Crippen LogP contribution in [0.25, 0.3) is 16.7 Å². The highest BCUT2D eigenvalue weighted by Crippen LogP contribution is 2.31. The Labute approximate surface area is 157 Å². The van der Waals surface area contributed by atoms with E-state index in [-0.39, 0.29) is 27.6 Å². The van der Waals surface area contributed by atoms with Crippen molar-refractivity contribution >= 4 is 28.5 Å². The number of benzene rings is 1. The SMILES string of the molecule is CC(C)(C)Nc1nc(=O)n(-c2ccccc2Cl)c2nc(C(F)(F)F)ccc12. The zero-order valence-electron chi connectivity index (χ0n) is 14.7. The Morgan fingerprint density at radius 2 is 1.70 bits per heavy atom. The minimum atomic E-state index is -4.66. The molecule has 0 amide bonds. The molecule has 27 heavy (non-hydrogen) atoms. The summed E-state index contributed by atoms with van der Waals surface area (Å²) in [6.45, 7) is 5.53. The Bertz CT molecular complexity index is 1070. The van der Waals surface area contributed by atoms with Gasteiger partial charge in [0.05, 0.1) is 16.1 Å². The molecule has 0 radical (unpaired) electrons. The first kappa shape index (κ1) is 19.2. The molecule has 5 nitrogen and oxygen atoms in total. The Hall–Kier alpha value is -2.61. The van der Waals surface area contributed by atoms with Crippen molar-refractivity contribution in [3.05, 3.63) is 57.6 Å². The standard InChI is InChI=1S/C18H16ClF3N4O/c1-17(2,3)25-14-10-8-9-13(18(20,21)22)23-15(10)26(16(27)24-14)12-7-5-4-6-11(12)19/h4-9H,1-3H3,(H,24,25,27). The maximum absolute atomic E-state index is 13.2. The molecule has 1 aromatic carbocycles. The number of hydrogen-bond donors (Lipinski definition) is 1. The molecule has 142 valence electrons. The third-order valence-corrected chi connectivity index (χ3v) is 3.94. The molecule has 0 aliphatic heterocycles. The number of alkyl halides is 3. The lowest BCUT2D eigenvalue weighted by Gasteiger charge is -2.23. The van der Waals surface area contributed by atoms with Crippen LogP contribution in [0.4, 0.5) is 19.0 Å². The van der Waals surface area contributed by atoms with E-state index in [1.54, 1.807) is 12.1 Å². The van der Waals surface area contributed by atoms with Crippen LogP contribution >= 0.6 is 11.6 Å². The summed E-state index contributed by atoms with van der Waals surface area (Å²) < 4.78 is 40.6. The highest BCUT2D eigenvalue weighted by Gasteiger charge is 2.33. The molecule has 2 heterocycles. The fourth-order valence-corrected chi connectivity index (χ4v) is 2.78. The average molecular weight is 397 g/mol. The first-order chi connectivity index (χ1) is 12.5. The zero-order chi connectivity index (χ0) is 20.0. The summed E-state index contributed by atoms with van der Waals surface area (Å²) in [6, 6.07) is 8.43. The van der Waals surface area contributed by atoms with Crippen LogP contribution in [0.15, 0.2) is 41.2 Å². The van der Waals surface area contributed by atoms with Gasteiger partial charge in [0.2, 0.25) is 0 Å². The van der Waals surface area contributed by atoms with Crippen molar-refractivity contribution in [1.82, 2.24) is 14.5 Å². The molecule has 0 bridgehead atoms. The van der Waals surface area contributed by atoms with Gasteiger partial charge in [0, 0.05) is 5.54 Å². The number of anilines is 1. The van der Waals surface area contributed by atoms with Gasteiger partial charge in [-0.1, -0.05) is 23.7 Å². The highest BCUT2D eigenvalue weighted by molar-refractivity contribution is 6.32. The molecule has 0 saturated carbocycles. The molecule has 0 spiro atoms. The Morgan fingerprint density at radius 3 is 2.30 bits per heavy atom. The van der Waals surface area contributed by atoms with Crippen molar-refractivity contribution < 1.29 is 13.2 Å². The average Bonchev–Trinajstić information content (AvgIpc) is 2.53. The van der Waals surface area contributed by atoms with Gasteiger partial charge in [-0.25, -0.2) is 14.3 Å². The molecule has 0 saturated heterocycles. The van der Waals surface area contributed by atoms with Gasteiger partial charge in [-0.2, -0.15) is 18.2 Å². The van der Waals surface area contributed by atoms with E-state index in [9.17, 15) is 18.0 Å². The summed E-state index contributed by atoms with van der Waals surface area (Å²) in [5.74, 6) is 0.159. The lowest BCUT2D eigenvalue weighted by atomic mass is 10.1.